The van der Waals surface area contributed by atoms with E-state index >= 15 is 0 Å². The summed E-state index contributed by atoms with van der Waals surface area (Å²) in [6.07, 6.45) is 5.71. The van der Waals surface area contributed by atoms with E-state index in [9.17, 15) is 9.59 Å². The topological polar surface area (TPSA) is 48.9 Å². The molecule has 170 valence electrons. The average Bonchev–Trinajstić information content (AvgIpc) is 3.24. The maximum Gasteiger partial charge on any atom is 0.347 e. The molecule has 5 nitrogen and oxygen atoms in total. The van der Waals surface area contributed by atoms with E-state index in [1.54, 1.807) is 4.57 Å². The molecule has 9 aliphatic rings. The summed E-state index contributed by atoms with van der Waals surface area (Å²) in [6, 6.07) is 9.60. The third-order valence-corrected chi connectivity index (χ3v) is 14.2. The van der Waals surface area contributed by atoms with E-state index in [0.29, 0.717) is 17.8 Å². The number of aromatic nitrogens is 3. The van der Waals surface area contributed by atoms with Crippen LogP contribution in [0.4, 0.5) is 0 Å². The zero-order valence-electron chi connectivity index (χ0n) is 19.6. The maximum absolute atomic E-state index is 14.2. The molecule has 2 aromatic rings. The quantitative estimate of drug-likeness (QED) is 0.678. The molecule has 0 unspecified atom stereocenters. The molecule has 6 fully saturated rings. The fourth-order valence-corrected chi connectivity index (χ4v) is 12.8. The van der Waals surface area contributed by atoms with E-state index in [0.717, 1.165) is 31.1 Å². The molecule has 11 rings (SSSR count). The molecule has 4 bridgehead atoms. The predicted octanol–water partition coefficient (Wildman–Crippen LogP) is 3.68. The van der Waals surface area contributed by atoms with Gasteiger partial charge in [0.05, 0.1) is 12.1 Å². The van der Waals surface area contributed by atoms with Crippen LogP contribution in [0.2, 0.25) is 0 Å². The minimum Gasteiger partial charge on any atom is -0.246 e. The second-order valence-corrected chi connectivity index (χ2v) is 13.9. The number of nitrogens with zero attached hydrogens (tertiary/aromatic N) is 3. The Morgan fingerprint density at radius 3 is 2.36 bits per heavy atom. The van der Waals surface area contributed by atoms with Gasteiger partial charge in [-0.25, -0.2) is 23.5 Å². The summed E-state index contributed by atoms with van der Waals surface area (Å²) in [5, 5.41) is 0. The van der Waals surface area contributed by atoms with E-state index in [4.69, 9.17) is 0 Å². The van der Waals surface area contributed by atoms with Crippen LogP contribution in [-0.4, -0.2) is 13.9 Å². The van der Waals surface area contributed by atoms with Gasteiger partial charge < -0.3 is 0 Å². The smallest absolute Gasteiger partial charge is 0.246 e. The van der Waals surface area contributed by atoms with Gasteiger partial charge in [-0.1, -0.05) is 45.0 Å². The fourth-order valence-electron chi connectivity index (χ4n) is 12.8. The molecule has 1 aromatic carbocycles. The van der Waals surface area contributed by atoms with Crippen molar-refractivity contribution in [2.45, 2.75) is 76.4 Å². The van der Waals surface area contributed by atoms with Crippen molar-refractivity contribution in [2.24, 2.45) is 45.8 Å². The third kappa shape index (κ3) is 1.18. The van der Waals surface area contributed by atoms with E-state index < -0.39 is 0 Å². The Balaban J connectivity index is 1.24. The van der Waals surface area contributed by atoms with Gasteiger partial charge in [0.1, 0.15) is 0 Å². The van der Waals surface area contributed by atoms with E-state index in [1.807, 2.05) is 9.36 Å². The van der Waals surface area contributed by atoms with Crippen LogP contribution in [0.25, 0.3) is 0 Å². The molecule has 3 heterocycles. The van der Waals surface area contributed by atoms with Gasteiger partial charge in [0.15, 0.2) is 0 Å². The normalized spacial score (nSPS) is 55.4. The van der Waals surface area contributed by atoms with Crippen LogP contribution in [0.3, 0.4) is 0 Å². The third-order valence-electron chi connectivity index (χ3n) is 14.2. The highest BCUT2D eigenvalue weighted by molar-refractivity contribution is 5.61. The average molecular weight is 442 g/mol. The van der Waals surface area contributed by atoms with Gasteiger partial charge in [0.2, 0.25) is 0 Å². The van der Waals surface area contributed by atoms with Crippen LogP contribution in [-0.2, 0) is 11.8 Å². The monoisotopic (exact) mass is 441 g/mol. The lowest BCUT2D eigenvalue weighted by Crippen LogP contribution is -3.02. The Hall–Kier alpha value is -2.04. The van der Waals surface area contributed by atoms with Crippen molar-refractivity contribution in [3.63, 3.8) is 0 Å². The Labute approximate surface area is 192 Å². The first kappa shape index (κ1) is 17.4. The Bertz CT molecular complexity index is 1480. The van der Waals surface area contributed by atoms with Crippen LogP contribution in [0, 0.1) is 45.8 Å². The number of aryl methyl sites for hydroxylation is 1. The molecule has 11 atom stereocenters. The molecule has 2 aliphatic heterocycles. The van der Waals surface area contributed by atoms with E-state index in [2.05, 4.69) is 45.0 Å². The lowest BCUT2D eigenvalue weighted by Gasteiger charge is -3.02. The van der Waals surface area contributed by atoms with Crippen molar-refractivity contribution >= 4 is 0 Å². The van der Waals surface area contributed by atoms with Crippen molar-refractivity contribution in [2.75, 3.05) is 0 Å². The largest absolute Gasteiger partial charge is 0.347 e. The summed E-state index contributed by atoms with van der Waals surface area (Å²) < 4.78 is 5.84. The van der Waals surface area contributed by atoms with E-state index in [-0.39, 0.29) is 51.2 Å². The van der Waals surface area contributed by atoms with Crippen LogP contribution >= 0.6 is 0 Å². The van der Waals surface area contributed by atoms with Crippen LogP contribution in [0.1, 0.15) is 75.7 Å². The molecule has 5 heteroatoms. The first-order valence-corrected chi connectivity index (χ1v) is 13.4. The molecule has 0 N–H and O–H groups in total. The lowest BCUT2D eigenvalue weighted by molar-refractivity contribution is -0.522. The zero-order valence-corrected chi connectivity index (χ0v) is 19.6. The van der Waals surface area contributed by atoms with Gasteiger partial charge in [-0.2, -0.15) is 0 Å². The highest BCUT2D eigenvalue weighted by Gasteiger charge is 3.03. The highest BCUT2D eigenvalue weighted by Crippen LogP contribution is 3.03. The molecular weight excluding hydrogens is 410 g/mol. The summed E-state index contributed by atoms with van der Waals surface area (Å²) >= 11 is 0. The Morgan fingerprint density at radius 1 is 0.909 bits per heavy atom. The molecule has 0 amide bonds. The Kier molecular flexibility index (Phi) is 2.30. The number of hydrogen-bond acceptors (Lipinski definition) is 2. The number of benzene rings is 1. The number of fused-ring (bicyclic) bond motifs is 3. The van der Waals surface area contributed by atoms with Gasteiger partial charge in [-0.05, 0) is 83.7 Å². The molecule has 2 spiro atoms. The van der Waals surface area contributed by atoms with Crippen molar-refractivity contribution in [1.82, 2.24) is 13.9 Å². The van der Waals surface area contributed by atoms with Gasteiger partial charge in [-0.15, -0.1) is 0 Å². The molecule has 0 radical (unpaired) electrons. The summed E-state index contributed by atoms with van der Waals surface area (Å²) in [5.41, 5.74) is 3.69. The summed E-state index contributed by atoms with van der Waals surface area (Å²) in [6.45, 7) is 7.12. The van der Waals surface area contributed by atoms with Gasteiger partial charge in [0, 0.05) is 16.9 Å². The molecule has 7 aliphatic carbocycles. The summed E-state index contributed by atoms with van der Waals surface area (Å²) in [7, 11) is 0. The number of rotatable bonds is 1. The predicted molar refractivity (Wildman–Crippen MR) is 122 cm³/mol. The molecular formula is C28H31N3O2. The van der Waals surface area contributed by atoms with Crippen LogP contribution in [0.15, 0.2) is 33.9 Å². The number of hydrogen-bond donors (Lipinski definition) is 0. The molecule has 6 saturated carbocycles. The van der Waals surface area contributed by atoms with Gasteiger partial charge in [0.25, 0.3) is 0 Å². The van der Waals surface area contributed by atoms with Crippen LogP contribution < -0.4 is 11.4 Å². The SMILES string of the molecule is CC1(C)[C@H]2CC[C@@]1(C)[C@H](n1c(=O)n3n(c1=O)[C@H]1[C@@H]4[C@@H]5[C@@H]6[C@@H]4[C@@]14c1ccccc1CC[C@@]64[C@H]53)C2. The van der Waals surface area contributed by atoms with Gasteiger partial charge >= 0.3 is 11.4 Å². The standard InChI is InChI=1S/C28H31N3O2/c1-25(2)14-9-10-26(25,3)16(12-14)29-23(32)30-21-17-18-20-19(17)27(21)11-8-13-6-4-5-7-15(13)28(20,27)22(18)31(30)24(29)33/h4-7,14,16-22H,8-12H2,1-3H3/t14-,16+,17+,18+,19+,20+,21-,22-,26-,27-,28-/m0/s1. The lowest BCUT2D eigenvalue weighted by atomic mass is 9.04. The zero-order chi connectivity index (χ0) is 22.0. The minimum atomic E-state index is 0.0165. The van der Waals surface area contributed by atoms with E-state index in [1.165, 1.54) is 24.0 Å². The maximum atomic E-state index is 14.2. The summed E-state index contributed by atoms with van der Waals surface area (Å²) in [4.78, 5) is 28.4. The van der Waals surface area contributed by atoms with Gasteiger partial charge in [-0.3, -0.25) is 0 Å². The van der Waals surface area contributed by atoms with Crippen LogP contribution in [0.5, 0.6) is 0 Å². The van der Waals surface area contributed by atoms with Crippen molar-refractivity contribution in [3.05, 3.63) is 56.4 Å². The Morgan fingerprint density at radius 2 is 1.64 bits per heavy atom. The fraction of sp³-hybridized carbons (Fsp3) is 0.714. The van der Waals surface area contributed by atoms with Crippen molar-refractivity contribution in [1.29, 1.82) is 0 Å². The summed E-state index contributed by atoms with van der Waals surface area (Å²) in [5.74, 6) is 3.49. The first-order valence-electron chi connectivity index (χ1n) is 13.4. The molecule has 33 heavy (non-hydrogen) atoms. The molecule has 1 aromatic heterocycles. The molecule has 0 saturated heterocycles. The first-order chi connectivity index (χ1) is 15.8. The second-order valence-electron chi connectivity index (χ2n) is 13.9. The van der Waals surface area contributed by atoms with Crippen molar-refractivity contribution < 1.29 is 0 Å². The second kappa shape index (κ2) is 4.35. The minimum absolute atomic E-state index is 0.0165. The van der Waals surface area contributed by atoms with Crippen molar-refractivity contribution in [3.8, 4) is 0 Å². The highest BCUT2D eigenvalue weighted by atomic mass is 16.2.